The number of rotatable bonds is 6. The van der Waals surface area contributed by atoms with Crippen molar-refractivity contribution in [3.05, 3.63) is 36.7 Å². The van der Waals surface area contributed by atoms with Gasteiger partial charge < -0.3 is 9.64 Å². The molecule has 0 atom stereocenters. The summed E-state index contributed by atoms with van der Waals surface area (Å²) in [5.41, 5.74) is 1.01. The van der Waals surface area contributed by atoms with Crippen LogP contribution in [0.5, 0.6) is 5.75 Å². The number of nitrogens with zero attached hydrogens (tertiary/aromatic N) is 2. The molecule has 0 saturated carbocycles. The molecule has 0 amide bonds. The molecule has 0 aromatic carbocycles. The normalized spacial score (nSPS) is 17.3. The molecule has 0 bridgehead atoms. The average Bonchev–Trinajstić information content (AvgIpc) is 2.44. The van der Waals surface area contributed by atoms with Crippen molar-refractivity contribution < 1.29 is 4.74 Å². The van der Waals surface area contributed by atoms with E-state index in [9.17, 15) is 0 Å². The minimum atomic E-state index is 0.688. The Labute approximate surface area is 116 Å². The van der Waals surface area contributed by atoms with Crippen molar-refractivity contribution >= 4 is 0 Å². The fraction of sp³-hybridized carbons (Fsp3) is 0.562. The van der Waals surface area contributed by atoms with Gasteiger partial charge in [0.2, 0.25) is 0 Å². The Bertz CT molecular complexity index is 397. The largest absolute Gasteiger partial charge is 0.493 e. The molecule has 2 rings (SSSR count). The van der Waals surface area contributed by atoms with Crippen LogP contribution in [0.4, 0.5) is 0 Å². The standard InChI is InChI=1S/C16H24N2O/c1-3-4-9-18-10-6-15(7-11-18)13-19-16-5-8-17-14(2)12-16/h3,5,8,12,15H,1,4,6-7,9-11,13H2,2H3. The smallest absolute Gasteiger partial charge is 0.122 e. The van der Waals surface area contributed by atoms with E-state index in [2.05, 4.69) is 16.5 Å². The summed E-state index contributed by atoms with van der Waals surface area (Å²) in [6.07, 6.45) is 7.38. The summed E-state index contributed by atoms with van der Waals surface area (Å²) in [4.78, 5) is 6.70. The van der Waals surface area contributed by atoms with Crippen molar-refractivity contribution in [3.8, 4) is 5.75 Å². The lowest BCUT2D eigenvalue weighted by Crippen LogP contribution is -2.36. The number of aromatic nitrogens is 1. The van der Waals surface area contributed by atoms with Crippen molar-refractivity contribution in [2.75, 3.05) is 26.2 Å². The van der Waals surface area contributed by atoms with Crippen LogP contribution in [0.25, 0.3) is 0 Å². The minimum Gasteiger partial charge on any atom is -0.493 e. The number of likely N-dealkylation sites (tertiary alicyclic amines) is 1. The van der Waals surface area contributed by atoms with Crippen LogP contribution in [-0.4, -0.2) is 36.1 Å². The van der Waals surface area contributed by atoms with Crippen molar-refractivity contribution in [2.24, 2.45) is 5.92 Å². The minimum absolute atomic E-state index is 0.688. The van der Waals surface area contributed by atoms with E-state index in [1.807, 2.05) is 31.3 Å². The number of hydrogen-bond acceptors (Lipinski definition) is 3. The van der Waals surface area contributed by atoms with Crippen molar-refractivity contribution in [2.45, 2.75) is 26.2 Å². The summed E-state index contributed by atoms with van der Waals surface area (Å²) in [6, 6.07) is 3.94. The van der Waals surface area contributed by atoms with E-state index in [-0.39, 0.29) is 0 Å². The van der Waals surface area contributed by atoms with E-state index >= 15 is 0 Å². The highest BCUT2D eigenvalue weighted by Crippen LogP contribution is 2.19. The molecule has 0 radical (unpaired) electrons. The van der Waals surface area contributed by atoms with Crippen LogP contribution < -0.4 is 4.74 Å². The van der Waals surface area contributed by atoms with Crippen LogP contribution in [0, 0.1) is 12.8 Å². The fourth-order valence-corrected chi connectivity index (χ4v) is 2.47. The summed E-state index contributed by atoms with van der Waals surface area (Å²) in [5.74, 6) is 1.63. The van der Waals surface area contributed by atoms with Gasteiger partial charge in [-0.05, 0) is 51.3 Å². The van der Waals surface area contributed by atoms with Gasteiger partial charge in [0.15, 0.2) is 0 Å². The zero-order chi connectivity index (χ0) is 13.5. The summed E-state index contributed by atoms with van der Waals surface area (Å²) < 4.78 is 5.87. The molecule has 1 fully saturated rings. The van der Waals surface area contributed by atoms with E-state index < -0.39 is 0 Å². The van der Waals surface area contributed by atoms with E-state index in [0.29, 0.717) is 5.92 Å². The molecule has 19 heavy (non-hydrogen) atoms. The third-order valence-corrected chi connectivity index (χ3v) is 3.71. The van der Waals surface area contributed by atoms with Crippen molar-refractivity contribution in [1.82, 2.24) is 9.88 Å². The van der Waals surface area contributed by atoms with Crippen LogP contribution in [0.3, 0.4) is 0 Å². The van der Waals surface area contributed by atoms with Crippen LogP contribution in [0.1, 0.15) is 25.0 Å². The number of hydrogen-bond donors (Lipinski definition) is 0. The van der Waals surface area contributed by atoms with E-state index in [4.69, 9.17) is 4.74 Å². The van der Waals surface area contributed by atoms with E-state index in [1.54, 1.807) is 0 Å². The van der Waals surface area contributed by atoms with Crippen molar-refractivity contribution in [1.29, 1.82) is 0 Å². The second kappa shape index (κ2) is 7.29. The third-order valence-electron chi connectivity index (χ3n) is 3.71. The SMILES string of the molecule is C=CCCN1CCC(COc2ccnc(C)c2)CC1. The van der Waals surface area contributed by atoms with Gasteiger partial charge in [-0.25, -0.2) is 0 Å². The van der Waals surface area contributed by atoms with Gasteiger partial charge >= 0.3 is 0 Å². The zero-order valence-corrected chi connectivity index (χ0v) is 11.8. The molecule has 1 aliphatic rings. The molecule has 3 heteroatoms. The molecule has 1 saturated heterocycles. The second-order valence-corrected chi connectivity index (χ2v) is 5.31. The highest BCUT2D eigenvalue weighted by atomic mass is 16.5. The molecule has 0 aliphatic carbocycles. The maximum atomic E-state index is 5.87. The first kappa shape index (κ1) is 14.1. The molecule has 1 aromatic heterocycles. The molecular formula is C16H24N2O. The van der Waals surface area contributed by atoms with Crippen LogP contribution in [0.15, 0.2) is 31.0 Å². The van der Waals surface area contributed by atoms with Crippen molar-refractivity contribution in [3.63, 3.8) is 0 Å². The number of ether oxygens (including phenoxy) is 1. The third kappa shape index (κ3) is 4.67. The van der Waals surface area contributed by atoms with Crippen LogP contribution in [0.2, 0.25) is 0 Å². The Balaban J connectivity index is 1.69. The van der Waals surface area contributed by atoms with Gasteiger partial charge in [0, 0.05) is 24.5 Å². The molecule has 104 valence electrons. The summed E-state index contributed by atoms with van der Waals surface area (Å²) in [5, 5.41) is 0. The summed E-state index contributed by atoms with van der Waals surface area (Å²) >= 11 is 0. The van der Waals surface area contributed by atoms with Gasteiger partial charge in [0.1, 0.15) is 5.75 Å². The lowest BCUT2D eigenvalue weighted by molar-refractivity contribution is 0.143. The Morgan fingerprint density at radius 1 is 1.47 bits per heavy atom. The van der Waals surface area contributed by atoms with Gasteiger partial charge in [-0.2, -0.15) is 0 Å². The molecular weight excluding hydrogens is 236 g/mol. The molecule has 2 heterocycles. The Morgan fingerprint density at radius 2 is 2.26 bits per heavy atom. The Kier molecular flexibility index (Phi) is 5.40. The lowest BCUT2D eigenvalue weighted by Gasteiger charge is -2.31. The molecule has 0 spiro atoms. The predicted molar refractivity (Wildman–Crippen MR) is 78.4 cm³/mol. The zero-order valence-electron chi connectivity index (χ0n) is 11.8. The highest BCUT2D eigenvalue weighted by Gasteiger charge is 2.19. The molecule has 0 unspecified atom stereocenters. The highest BCUT2D eigenvalue weighted by molar-refractivity contribution is 5.21. The first-order valence-corrected chi connectivity index (χ1v) is 7.16. The summed E-state index contributed by atoms with van der Waals surface area (Å²) in [6.45, 7) is 10.1. The topological polar surface area (TPSA) is 25.4 Å². The van der Waals surface area contributed by atoms with Crippen LogP contribution >= 0.6 is 0 Å². The maximum Gasteiger partial charge on any atom is 0.122 e. The first-order chi connectivity index (χ1) is 9.28. The molecule has 0 N–H and O–H groups in total. The number of aryl methyl sites for hydroxylation is 1. The van der Waals surface area contributed by atoms with Crippen LogP contribution in [-0.2, 0) is 0 Å². The molecule has 1 aromatic rings. The van der Waals surface area contributed by atoms with Gasteiger partial charge in [-0.3, -0.25) is 4.98 Å². The van der Waals surface area contributed by atoms with Gasteiger partial charge in [-0.15, -0.1) is 6.58 Å². The summed E-state index contributed by atoms with van der Waals surface area (Å²) in [7, 11) is 0. The molecule has 3 nitrogen and oxygen atoms in total. The Hall–Kier alpha value is -1.35. The Morgan fingerprint density at radius 3 is 2.95 bits per heavy atom. The second-order valence-electron chi connectivity index (χ2n) is 5.31. The molecule has 1 aliphatic heterocycles. The maximum absolute atomic E-state index is 5.87. The fourth-order valence-electron chi connectivity index (χ4n) is 2.47. The average molecular weight is 260 g/mol. The van der Waals surface area contributed by atoms with E-state index in [0.717, 1.165) is 31.0 Å². The number of piperidine rings is 1. The predicted octanol–water partition coefficient (Wildman–Crippen LogP) is 3.06. The quantitative estimate of drug-likeness (QED) is 0.735. The van der Waals surface area contributed by atoms with Gasteiger partial charge in [-0.1, -0.05) is 6.08 Å². The van der Waals surface area contributed by atoms with Gasteiger partial charge in [0.25, 0.3) is 0 Å². The lowest BCUT2D eigenvalue weighted by atomic mass is 9.98. The number of pyridine rings is 1. The monoisotopic (exact) mass is 260 g/mol. The first-order valence-electron chi connectivity index (χ1n) is 7.16. The van der Waals surface area contributed by atoms with Gasteiger partial charge in [0.05, 0.1) is 6.61 Å². The van der Waals surface area contributed by atoms with E-state index in [1.165, 1.54) is 25.9 Å².